The third-order valence-corrected chi connectivity index (χ3v) is 7.13. The molecule has 0 aromatic rings. The molecule has 4 nitrogen and oxygen atoms in total. The van der Waals surface area contributed by atoms with Gasteiger partial charge in [-0.1, -0.05) is 20.3 Å². The van der Waals surface area contributed by atoms with Gasteiger partial charge >= 0.3 is 0 Å². The van der Waals surface area contributed by atoms with Crippen molar-refractivity contribution in [3.8, 4) is 0 Å². The van der Waals surface area contributed by atoms with Gasteiger partial charge in [0.25, 0.3) is 0 Å². The number of hydrogen-bond acceptors (Lipinski definition) is 5. The van der Waals surface area contributed by atoms with E-state index in [1.54, 1.807) is 0 Å². The van der Waals surface area contributed by atoms with Crippen LogP contribution in [0.5, 0.6) is 0 Å². The largest absolute Gasteiger partial charge is 0.380 e. The van der Waals surface area contributed by atoms with Crippen LogP contribution in [0.15, 0.2) is 0 Å². The van der Waals surface area contributed by atoms with Gasteiger partial charge in [0, 0.05) is 22.2 Å². The lowest BCUT2D eigenvalue weighted by Crippen LogP contribution is -2.47. The quantitative estimate of drug-likeness (QED) is 0.593. The van der Waals surface area contributed by atoms with E-state index in [0.717, 1.165) is 78.5 Å². The number of ether oxygens (including phenoxy) is 4. The van der Waals surface area contributed by atoms with Crippen molar-refractivity contribution in [1.82, 2.24) is 0 Å². The van der Waals surface area contributed by atoms with Crippen LogP contribution in [0.2, 0.25) is 0 Å². The van der Waals surface area contributed by atoms with E-state index in [9.17, 15) is 0 Å². The Labute approximate surface area is 158 Å². The monoisotopic (exact) mass is 372 g/mol. The molecule has 146 valence electrons. The summed E-state index contributed by atoms with van der Waals surface area (Å²) < 4.78 is 23.0. The third-order valence-electron chi connectivity index (χ3n) is 6.60. The molecule has 25 heavy (non-hydrogen) atoms. The van der Waals surface area contributed by atoms with E-state index in [4.69, 9.17) is 31.6 Å². The Morgan fingerprint density at radius 2 is 1.52 bits per heavy atom. The molecule has 2 aliphatic heterocycles. The van der Waals surface area contributed by atoms with Gasteiger partial charge in [0.15, 0.2) is 0 Å². The first-order chi connectivity index (χ1) is 12.0. The Bertz CT molecular complexity index is 411. The van der Waals surface area contributed by atoms with Crippen LogP contribution >= 0.6 is 12.6 Å². The van der Waals surface area contributed by atoms with Gasteiger partial charge in [0.05, 0.1) is 46.2 Å². The predicted molar refractivity (Wildman–Crippen MR) is 102 cm³/mol. The molecule has 2 saturated heterocycles. The smallest absolute Gasteiger partial charge is 0.0611 e. The second-order valence-corrected chi connectivity index (χ2v) is 9.84. The SMILES string of the molecule is CCC1(COCC2CCCC(S)(COCC3(CC)COC3)C2)COC1. The highest BCUT2D eigenvalue weighted by Gasteiger charge is 2.40. The summed E-state index contributed by atoms with van der Waals surface area (Å²) in [6.45, 7) is 11.2. The van der Waals surface area contributed by atoms with Crippen molar-refractivity contribution < 1.29 is 18.9 Å². The summed E-state index contributed by atoms with van der Waals surface area (Å²) in [5.41, 5.74) is 0.551. The molecule has 3 rings (SSSR count). The molecule has 1 saturated carbocycles. The standard InChI is InChI=1S/C20H36O4S/c1-3-18(11-22-12-18)10-21-9-17-6-5-7-20(25,8-17)16-24-15-19(4-2)13-23-14-19/h17,25H,3-16H2,1-2H3. The van der Waals surface area contributed by atoms with Crippen molar-refractivity contribution in [3.05, 3.63) is 0 Å². The van der Waals surface area contributed by atoms with E-state index < -0.39 is 0 Å². The fourth-order valence-electron chi connectivity index (χ4n) is 4.19. The summed E-state index contributed by atoms with van der Waals surface area (Å²) in [7, 11) is 0. The van der Waals surface area contributed by atoms with Crippen LogP contribution in [0.25, 0.3) is 0 Å². The number of thiol groups is 1. The summed E-state index contributed by atoms with van der Waals surface area (Å²) in [5, 5.41) is 0. The van der Waals surface area contributed by atoms with Crippen LogP contribution < -0.4 is 0 Å². The van der Waals surface area contributed by atoms with Gasteiger partial charge in [0.1, 0.15) is 0 Å². The average molecular weight is 373 g/mol. The van der Waals surface area contributed by atoms with Crippen LogP contribution in [0, 0.1) is 16.7 Å². The van der Waals surface area contributed by atoms with E-state index >= 15 is 0 Å². The normalized spacial score (nSPS) is 33.5. The Hall–Kier alpha value is 0.190. The molecule has 0 aromatic heterocycles. The minimum Gasteiger partial charge on any atom is -0.380 e. The van der Waals surface area contributed by atoms with Gasteiger partial charge in [-0.05, 0) is 38.0 Å². The molecule has 0 N–H and O–H groups in total. The molecule has 1 aliphatic carbocycles. The van der Waals surface area contributed by atoms with Gasteiger partial charge in [-0.2, -0.15) is 12.6 Å². The lowest BCUT2D eigenvalue weighted by atomic mass is 9.81. The van der Waals surface area contributed by atoms with Crippen molar-refractivity contribution in [2.75, 3.05) is 52.9 Å². The molecule has 2 heterocycles. The average Bonchev–Trinajstić information content (AvgIpc) is 2.53. The second kappa shape index (κ2) is 8.47. The Balaban J connectivity index is 1.37. The highest BCUT2D eigenvalue weighted by molar-refractivity contribution is 7.81. The predicted octanol–water partition coefficient (Wildman–Crippen LogP) is 3.73. The summed E-state index contributed by atoms with van der Waals surface area (Å²) >= 11 is 5.01. The van der Waals surface area contributed by atoms with E-state index in [0.29, 0.717) is 5.92 Å². The number of rotatable bonds is 10. The first-order valence-electron chi connectivity index (χ1n) is 10.1. The van der Waals surface area contributed by atoms with Gasteiger partial charge in [0.2, 0.25) is 0 Å². The molecule has 2 unspecified atom stereocenters. The lowest BCUT2D eigenvalue weighted by molar-refractivity contribution is -0.155. The van der Waals surface area contributed by atoms with Crippen molar-refractivity contribution >= 4 is 12.6 Å². The van der Waals surface area contributed by atoms with E-state index in [1.807, 2.05) is 0 Å². The summed E-state index contributed by atoms with van der Waals surface area (Å²) in [5.74, 6) is 0.608. The highest BCUT2D eigenvalue weighted by atomic mass is 32.1. The Morgan fingerprint density at radius 3 is 2.04 bits per heavy atom. The third kappa shape index (κ3) is 4.92. The Morgan fingerprint density at radius 1 is 0.920 bits per heavy atom. The Kier molecular flexibility index (Phi) is 6.76. The maximum absolute atomic E-state index is 6.11. The fourth-order valence-corrected chi connectivity index (χ4v) is 4.70. The molecule has 2 atom stereocenters. The maximum atomic E-state index is 6.11. The van der Waals surface area contributed by atoms with Crippen molar-refractivity contribution in [3.63, 3.8) is 0 Å². The molecule has 0 aromatic carbocycles. The molecule has 5 heteroatoms. The summed E-state index contributed by atoms with van der Waals surface area (Å²) in [6.07, 6.45) is 7.00. The lowest BCUT2D eigenvalue weighted by Gasteiger charge is -2.43. The zero-order valence-electron chi connectivity index (χ0n) is 16.1. The van der Waals surface area contributed by atoms with Crippen LogP contribution in [-0.4, -0.2) is 57.6 Å². The van der Waals surface area contributed by atoms with Crippen LogP contribution in [0.3, 0.4) is 0 Å². The molecule has 0 bridgehead atoms. The second-order valence-electron chi connectivity index (χ2n) is 8.89. The van der Waals surface area contributed by atoms with Gasteiger partial charge in [-0.3, -0.25) is 0 Å². The first kappa shape index (κ1) is 19.9. The van der Waals surface area contributed by atoms with Crippen molar-refractivity contribution in [1.29, 1.82) is 0 Å². The first-order valence-corrected chi connectivity index (χ1v) is 10.5. The summed E-state index contributed by atoms with van der Waals surface area (Å²) in [4.78, 5) is 0. The van der Waals surface area contributed by atoms with Gasteiger partial charge in [-0.25, -0.2) is 0 Å². The zero-order chi connectivity index (χ0) is 17.8. The molecule has 0 spiro atoms. The van der Waals surface area contributed by atoms with E-state index in [2.05, 4.69) is 13.8 Å². The number of hydrogen-bond donors (Lipinski definition) is 1. The highest BCUT2D eigenvalue weighted by Crippen LogP contribution is 2.39. The molecule has 3 fully saturated rings. The fraction of sp³-hybridized carbons (Fsp3) is 1.00. The minimum absolute atomic E-state index is 0.00777. The molecular weight excluding hydrogens is 336 g/mol. The van der Waals surface area contributed by atoms with Gasteiger partial charge < -0.3 is 18.9 Å². The van der Waals surface area contributed by atoms with Crippen molar-refractivity contribution in [2.45, 2.75) is 57.1 Å². The summed E-state index contributed by atoms with van der Waals surface area (Å²) in [6, 6.07) is 0. The minimum atomic E-state index is 0.00777. The van der Waals surface area contributed by atoms with Crippen LogP contribution in [0.4, 0.5) is 0 Å². The van der Waals surface area contributed by atoms with Crippen LogP contribution in [-0.2, 0) is 18.9 Å². The van der Waals surface area contributed by atoms with Gasteiger partial charge in [-0.15, -0.1) is 0 Å². The molecule has 3 aliphatic rings. The molecular formula is C20H36O4S. The van der Waals surface area contributed by atoms with E-state index in [1.165, 1.54) is 12.8 Å². The van der Waals surface area contributed by atoms with Crippen molar-refractivity contribution in [2.24, 2.45) is 16.7 Å². The molecule has 0 radical (unpaired) electrons. The topological polar surface area (TPSA) is 36.9 Å². The zero-order valence-corrected chi connectivity index (χ0v) is 17.0. The maximum Gasteiger partial charge on any atom is 0.0611 e. The van der Waals surface area contributed by atoms with Crippen LogP contribution in [0.1, 0.15) is 52.4 Å². The van der Waals surface area contributed by atoms with E-state index in [-0.39, 0.29) is 15.6 Å². The molecule has 0 amide bonds.